The molecule has 1 heterocycles. The Morgan fingerprint density at radius 3 is 2.38 bits per heavy atom. The second kappa shape index (κ2) is 10.0. The van der Waals surface area contributed by atoms with Crippen molar-refractivity contribution in [3.63, 3.8) is 0 Å². The fourth-order valence-corrected chi connectivity index (χ4v) is 3.18. The van der Waals surface area contributed by atoms with Crippen molar-refractivity contribution in [2.24, 2.45) is 5.92 Å². The fourth-order valence-electron chi connectivity index (χ4n) is 3.18. The zero-order valence-electron chi connectivity index (χ0n) is 16.0. The first-order valence-corrected chi connectivity index (χ1v) is 9.46. The first-order chi connectivity index (χ1) is 12.5. The van der Waals surface area contributed by atoms with Gasteiger partial charge in [-0.2, -0.15) is 0 Å². The minimum atomic E-state index is 0.00455. The molecule has 6 nitrogen and oxygen atoms in total. The maximum Gasteiger partial charge on any atom is 0.223 e. The lowest BCUT2D eigenvalue weighted by molar-refractivity contribution is -0.133. The molecule has 2 amide bonds. The Morgan fingerprint density at radius 2 is 1.77 bits per heavy atom. The van der Waals surface area contributed by atoms with Crippen molar-refractivity contribution in [3.05, 3.63) is 23.8 Å². The highest BCUT2D eigenvalue weighted by molar-refractivity contribution is 5.79. The monoisotopic (exact) mass is 362 g/mol. The van der Waals surface area contributed by atoms with Crippen molar-refractivity contribution in [1.82, 2.24) is 10.2 Å². The molecule has 1 N–H and O–H groups in total. The van der Waals surface area contributed by atoms with Crippen molar-refractivity contribution < 1.29 is 19.1 Å². The topological polar surface area (TPSA) is 67.9 Å². The van der Waals surface area contributed by atoms with Gasteiger partial charge in [0, 0.05) is 32.5 Å². The number of carbonyl (C=O) groups excluding carboxylic acids is 2. The van der Waals surface area contributed by atoms with Gasteiger partial charge in [-0.25, -0.2) is 0 Å². The SMILES string of the molecule is CCOc1ccc(CCNC(=O)C2CCN(C(C)=O)CC2)cc1OCC. The number of likely N-dealkylation sites (tertiary alicyclic amines) is 1. The minimum absolute atomic E-state index is 0.00455. The molecule has 0 unspecified atom stereocenters. The molecular formula is C20H30N2O4. The number of piperidine rings is 1. The summed E-state index contributed by atoms with van der Waals surface area (Å²) in [7, 11) is 0. The molecule has 1 aliphatic rings. The van der Waals surface area contributed by atoms with E-state index in [1.54, 1.807) is 11.8 Å². The van der Waals surface area contributed by atoms with Gasteiger partial charge >= 0.3 is 0 Å². The van der Waals surface area contributed by atoms with Gasteiger partial charge in [-0.1, -0.05) is 6.07 Å². The smallest absolute Gasteiger partial charge is 0.223 e. The van der Waals surface area contributed by atoms with E-state index in [4.69, 9.17) is 9.47 Å². The van der Waals surface area contributed by atoms with E-state index >= 15 is 0 Å². The predicted molar refractivity (Wildman–Crippen MR) is 100 cm³/mol. The number of nitrogens with one attached hydrogen (secondary N) is 1. The number of nitrogens with zero attached hydrogens (tertiary/aromatic N) is 1. The van der Waals surface area contributed by atoms with Gasteiger partial charge in [0.1, 0.15) is 0 Å². The third-order valence-electron chi connectivity index (χ3n) is 4.63. The van der Waals surface area contributed by atoms with Crippen LogP contribution in [0, 0.1) is 5.92 Å². The number of amides is 2. The van der Waals surface area contributed by atoms with Crippen LogP contribution >= 0.6 is 0 Å². The molecule has 144 valence electrons. The molecule has 0 aliphatic carbocycles. The molecule has 1 aromatic carbocycles. The minimum Gasteiger partial charge on any atom is -0.490 e. The summed E-state index contributed by atoms with van der Waals surface area (Å²) in [6.07, 6.45) is 2.22. The van der Waals surface area contributed by atoms with Gasteiger partial charge in [-0.3, -0.25) is 9.59 Å². The Bertz CT molecular complexity index is 610. The molecule has 6 heteroatoms. The third kappa shape index (κ3) is 5.64. The normalized spacial score (nSPS) is 14.8. The van der Waals surface area contributed by atoms with E-state index in [-0.39, 0.29) is 17.7 Å². The molecule has 1 saturated heterocycles. The van der Waals surface area contributed by atoms with Gasteiger partial charge in [0.15, 0.2) is 11.5 Å². The zero-order valence-corrected chi connectivity index (χ0v) is 16.0. The van der Waals surface area contributed by atoms with E-state index in [0.29, 0.717) is 32.8 Å². The van der Waals surface area contributed by atoms with Gasteiger partial charge in [0.05, 0.1) is 13.2 Å². The van der Waals surface area contributed by atoms with Crippen molar-refractivity contribution in [2.75, 3.05) is 32.8 Å². The average molecular weight is 362 g/mol. The van der Waals surface area contributed by atoms with Gasteiger partial charge in [0.25, 0.3) is 0 Å². The van der Waals surface area contributed by atoms with Gasteiger partial charge in [-0.05, 0) is 50.8 Å². The van der Waals surface area contributed by atoms with Crippen LogP contribution in [0.15, 0.2) is 18.2 Å². The summed E-state index contributed by atoms with van der Waals surface area (Å²) in [6, 6.07) is 5.90. The summed E-state index contributed by atoms with van der Waals surface area (Å²) in [5.41, 5.74) is 1.10. The molecule has 26 heavy (non-hydrogen) atoms. The zero-order chi connectivity index (χ0) is 18.9. The summed E-state index contributed by atoms with van der Waals surface area (Å²) in [6.45, 7) is 8.57. The van der Waals surface area contributed by atoms with E-state index in [0.717, 1.165) is 36.3 Å². The van der Waals surface area contributed by atoms with Crippen LogP contribution in [0.1, 0.15) is 39.2 Å². The van der Waals surface area contributed by atoms with E-state index < -0.39 is 0 Å². The van der Waals surface area contributed by atoms with Crippen LogP contribution in [-0.2, 0) is 16.0 Å². The standard InChI is InChI=1S/C20H30N2O4/c1-4-25-18-7-6-16(14-19(18)26-5-2)8-11-21-20(24)17-9-12-22(13-10-17)15(3)23/h6-7,14,17H,4-5,8-13H2,1-3H3,(H,21,24). The lowest BCUT2D eigenvalue weighted by Gasteiger charge is -2.30. The highest BCUT2D eigenvalue weighted by Gasteiger charge is 2.25. The first-order valence-electron chi connectivity index (χ1n) is 9.46. The number of hydrogen-bond donors (Lipinski definition) is 1. The Balaban J connectivity index is 1.81. The lowest BCUT2D eigenvalue weighted by Crippen LogP contribution is -2.42. The Morgan fingerprint density at radius 1 is 1.12 bits per heavy atom. The molecular weight excluding hydrogens is 332 g/mol. The highest BCUT2D eigenvalue weighted by atomic mass is 16.5. The first kappa shape index (κ1) is 20.1. The maximum atomic E-state index is 12.3. The van der Waals surface area contributed by atoms with Crippen molar-refractivity contribution in [3.8, 4) is 11.5 Å². The molecule has 1 fully saturated rings. The molecule has 1 aliphatic heterocycles. The summed E-state index contributed by atoms with van der Waals surface area (Å²) in [5.74, 6) is 1.67. The number of rotatable bonds is 8. The number of benzene rings is 1. The molecule has 0 saturated carbocycles. The van der Waals surface area contributed by atoms with Crippen LogP contribution in [0.3, 0.4) is 0 Å². The van der Waals surface area contributed by atoms with Crippen LogP contribution in [0.2, 0.25) is 0 Å². The summed E-state index contributed by atoms with van der Waals surface area (Å²) >= 11 is 0. The third-order valence-corrected chi connectivity index (χ3v) is 4.63. The summed E-state index contributed by atoms with van der Waals surface area (Å²) in [4.78, 5) is 25.5. The maximum absolute atomic E-state index is 12.3. The van der Waals surface area contributed by atoms with Gasteiger partial charge in [-0.15, -0.1) is 0 Å². The van der Waals surface area contributed by atoms with Gasteiger partial charge in [0.2, 0.25) is 11.8 Å². The quantitative estimate of drug-likeness (QED) is 0.771. The van der Waals surface area contributed by atoms with E-state index in [1.807, 2.05) is 32.0 Å². The van der Waals surface area contributed by atoms with Crippen LogP contribution in [0.25, 0.3) is 0 Å². The summed E-state index contributed by atoms with van der Waals surface area (Å²) < 4.78 is 11.2. The van der Waals surface area contributed by atoms with Crippen LogP contribution in [0.5, 0.6) is 11.5 Å². The molecule has 0 atom stereocenters. The van der Waals surface area contributed by atoms with Gasteiger partial charge < -0.3 is 19.7 Å². The molecule has 0 aromatic heterocycles. The lowest BCUT2D eigenvalue weighted by atomic mass is 9.96. The number of hydrogen-bond acceptors (Lipinski definition) is 4. The Labute approximate surface area is 155 Å². The number of ether oxygens (including phenoxy) is 2. The molecule has 2 rings (SSSR count). The van der Waals surface area contributed by atoms with Crippen LogP contribution in [-0.4, -0.2) is 49.6 Å². The summed E-state index contributed by atoms with van der Waals surface area (Å²) in [5, 5.41) is 3.02. The van der Waals surface area contributed by atoms with E-state index in [9.17, 15) is 9.59 Å². The van der Waals surface area contributed by atoms with Crippen molar-refractivity contribution in [1.29, 1.82) is 0 Å². The second-order valence-corrected chi connectivity index (χ2v) is 6.47. The fraction of sp³-hybridized carbons (Fsp3) is 0.600. The molecule has 0 radical (unpaired) electrons. The van der Waals surface area contributed by atoms with Crippen molar-refractivity contribution >= 4 is 11.8 Å². The van der Waals surface area contributed by atoms with Crippen LogP contribution in [0.4, 0.5) is 0 Å². The van der Waals surface area contributed by atoms with Crippen LogP contribution < -0.4 is 14.8 Å². The Hall–Kier alpha value is -2.24. The highest BCUT2D eigenvalue weighted by Crippen LogP contribution is 2.28. The molecule has 0 spiro atoms. The molecule has 1 aromatic rings. The number of carbonyl (C=O) groups is 2. The van der Waals surface area contributed by atoms with Crippen molar-refractivity contribution in [2.45, 2.75) is 40.0 Å². The predicted octanol–water partition coefficient (Wildman–Crippen LogP) is 2.40. The second-order valence-electron chi connectivity index (χ2n) is 6.47. The molecule has 0 bridgehead atoms. The Kier molecular flexibility index (Phi) is 7.75. The average Bonchev–Trinajstić information content (AvgIpc) is 2.64. The van der Waals surface area contributed by atoms with E-state index in [2.05, 4.69) is 5.32 Å². The van der Waals surface area contributed by atoms with E-state index in [1.165, 1.54) is 0 Å². The largest absolute Gasteiger partial charge is 0.490 e.